The molecule has 0 amide bonds. The Balaban J connectivity index is 1.96. The minimum Gasteiger partial charge on any atom is -0.384 e. The molecule has 1 aromatic carbocycles. The van der Waals surface area contributed by atoms with Crippen LogP contribution in [0, 0.1) is 6.92 Å². The van der Waals surface area contributed by atoms with Crippen LogP contribution in [0.4, 0.5) is 5.69 Å². The first-order chi connectivity index (χ1) is 8.75. The molecule has 0 radical (unpaired) electrons. The number of benzene rings is 1. The van der Waals surface area contributed by atoms with E-state index in [1.54, 1.807) is 12.4 Å². The zero-order valence-corrected chi connectivity index (χ0v) is 10.2. The number of carbonyl (C=O) groups is 1. The lowest BCUT2D eigenvalue weighted by Gasteiger charge is -2.09. The van der Waals surface area contributed by atoms with Crippen molar-refractivity contribution in [3.63, 3.8) is 0 Å². The van der Waals surface area contributed by atoms with Gasteiger partial charge >= 0.3 is 0 Å². The predicted molar refractivity (Wildman–Crippen MR) is 71.0 cm³/mol. The number of aryl methyl sites for hydroxylation is 1. The van der Waals surface area contributed by atoms with Gasteiger partial charge in [0.25, 0.3) is 0 Å². The number of carbonyl (C=O) groups excluding carboxylic acids is 1. The van der Waals surface area contributed by atoms with Crippen molar-refractivity contribution in [3.8, 4) is 0 Å². The minimum absolute atomic E-state index is 0.0928. The summed E-state index contributed by atoms with van der Waals surface area (Å²) in [5, 5.41) is 3.27. The van der Waals surface area contributed by atoms with E-state index in [0.29, 0.717) is 12.1 Å². The smallest absolute Gasteiger partial charge is 0.173 e. The molecular formula is C15H14N2O. The van der Waals surface area contributed by atoms with Gasteiger partial charge in [0, 0.05) is 30.2 Å². The summed E-state index contributed by atoms with van der Waals surface area (Å²) in [5.74, 6) is 0.0495. The Kier molecular flexibility index (Phi) is 2.59. The third kappa shape index (κ3) is 1.78. The highest BCUT2D eigenvalue weighted by Crippen LogP contribution is 2.33. The number of anilines is 1. The molecule has 3 nitrogen and oxygen atoms in total. The zero-order chi connectivity index (χ0) is 12.5. The molecule has 1 aliphatic heterocycles. The number of hydrogen-bond acceptors (Lipinski definition) is 3. The van der Waals surface area contributed by atoms with Gasteiger partial charge in [0.15, 0.2) is 5.78 Å². The standard InChI is InChI=1S/C15H14N2O/c1-10-6-11(8-16-7-10)15(18)13-9-17-14-5-3-2-4-12(13)14/h2-8,13,17H,9H2,1H3. The van der Waals surface area contributed by atoms with Crippen molar-refractivity contribution >= 4 is 11.5 Å². The Bertz CT molecular complexity index is 607. The van der Waals surface area contributed by atoms with Gasteiger partial charge in [0.1, 0.15) is 0 Å². The number of fused-ring (bicyclic) bond motifs is 1. The van der Waals surface area contributed by atoms with Crippen LogP contribution in [0.5, 0.6) is 0 Å². The first-order valence-corrected chi connectivity index (χ1v) is 6.04. The number of rotatable bonds is 2. The van der Waals surface area contributed by atoms with Crippen LogP contribution < -0.4 is 5.32 Å². The number of nitrogens with one attached hydrogen (secondary N) is 1. The molecule has 2 aromatic rings. The fourth-order valence-corrected chi connectivity index (χ4v) is 2.41. The Morgan fingerprint density at radius 2 is 2.17 bits per heavy atom. The first kappa shape index (κ1) is 11.0. The van der Waals surface area contributed by atoms with Crippen molar-refractivity contribution in [1.29, 1.82) is 0 Å². The summed E-state index contributed by atoms with van der Waals surface area (Å²) < 4.78 is 0. The van der Waals surface area contributed by atoms with Crippen molar-refractivity contribution in [3.05, 3.63) is 59.4 Å². The molecule has 2 heterocycles. The Labute approximate surface area is 106 Å². The molecule has 1 N–H and O–H groups in total. The summed E-state index contributed by atoms with van der Waals surface area (Å²) in [6, 6.07) is 9.88. The van der Waals surface area contributed by atoms with Crippen molar-refractivity contribution < 1.29 is 4.79 Å². The van der Waals surface area contributed by atoms with E-state index in [1.807, 2.05) is 37.3 Å². The molecule has 0 aliphatic carbocycles. The molecular weight excluding hydrogens is 224 g/mol. The number of para-hydroxylation sites is 1. The van der Waals surface area contributed by atoms with Crippen LogP contribution >= 0.6 is 0 Å². The molecule has 0 fully saturated rings. The largest absolute Gasteiger partial charge is 0.384 e. The van der Waals surface area contributed by atoms with Gasteiger partial charge < -0.3 is 5.32 Å². The highest BCUT2D eigenvalue weighted by atomic mass is 16.1. The van der Waals surface area contributed by atoms with Crippen molar-refractivity contribution in [2.75, 3.05) is 11.9 Å². The molecule has 1 atom stereocenters. The van der Waals surface area contributed by atoms with E-state index in [9.17, 15) is 4.79 Å². The van der Waals surface area contributed by atoms with Crippen LogP contribution in [0.25, 0.3) is 0 Å². The minimum atomic E-state index is -0.0928. The summed E-state index contributed by atoms with van der Waals surface area (Å²) in [7, 11) is 0. The van der Waals surface area contributed by atoms with Crippen LogP contribution in [0.1, 0.15) is 27.4 Å². The third-order valence-corrected chi connectivity index (χ3v) is 3.31. The van der Waals surface area contributed by atoms with Crippen LogP contribution in [0.2, 0.25) is 0 Å². The first-order valence-electron chi connectivity index (χ1n) is 6.04. The number of nitrogens with zero attached hydrogens (tertiary/aromatic N) is 1. The topological polar surface area (TPSA) is 42.0 Å². The van der Waals surface area contributed by atoms with Gasteiger partial charge in [-0.1, -0.05) is 18.2 Å². The molecule has 0 saturated carbocycles. The summed E-state index contributed by atoms with van der Waals surface area (Å²) in [6.07, 6.45) is 3.41. The SMILES string of the molecule is Cc1cncc(C(=O)C2CNc3ccccc32)c1. The van der Waals surface area contributed by atoms with E-state index in [0.717, 1.165) is 16.8 Å². The van der Waals surface area contributed by atoms with Crippen LogP contribution in [-0.2, 0) is 0 Å². The van der Waals surface area contributed by atoms with E-state index < -0.39 is 0 Å². The Morgan fingerprint density at radius 1 is 1.33 bits per heavy atom. The molecule has 1 aromatic heterocycles. The maximum absolute atomic E-state index is 12.5. The zero-order valence-electron chi connectivity index (χ0n) is 10.2. The maximum Gasteiger partial charge on any atom is 0.173 e. The summed E-state index contributed by atoms with van der Waals surface area (Å²) >= 11 is 0. The molecule has 90 valence electrons. The quantitative estimate of drug-likeness (QED) is 0.818. The van der Waals surface area contributed by atoms with E-state index in [-0.39, 0.29) is 11.7 Å². The van der Waals surface area contributed by atoms with Gasteiger partial charge in [0.05, 0.1) is 5.92 Å². The van der Waals surface area contributed by atoms with Crippen LogP contribution in [0.3, 0.4) is 0 Å². The molecule has 1 aliphatic rings. The fraction of sp³-hybridized carbons (Fsp3) is 0.200. The van der Waals surface area contributed by atoms with E-state index in [2.05, 4.69) is 10.3 Å². The highest BCUT2D eigenvalue weighted by molar-refractivity contribution is 6.02. The van der Waals surface area contributed by atoms with E-state index in [4.69, 9.17) is 0 Å². The number of ketones is 1. The number of hydrogen-bond donors (Lipinski definition) is 1. The Hall–Kier alpha value is -2.16. The summed E-state index contributed by atoms with van der Waals surface area (Å²) in [6.45, 7) is 2.62. The average molecular weight is 238 g/mol. The second kappa shape index (κ2) is 4.26. The Morgan fingerprint density at radius 3 is 3.00 bits per heavy atom. The predicted octanol–water partition coefficient (Wildman–Crippen LogP) is 2.78. The van der Waals surface area contributed by atoms with E-state index in [1.165, 1.54) is 0 Å². The average Bonchev–Trinajstić information content (AvgIpc) is 2.82. The molecule has 18 heavy (non-hydrogen) atoms. The lowest BCUT2D eigenvalue weighted by Crippen LogP contribution is -2.15. The molecule has 0 bridgehead atoms. The van der Waals surface area contributed by atoms with Crippen molar-refractivity contribution in [2.45, 2.75) is 12.8 Å². The van der Waals surface area contributed by atoms with Crippen LogP contribution in [-0.4, -0.2) is 17.3 Å². The highest BCUT2D eigenvalue weighted by Gasteiger charge is 2.28. The van der Waals surface area contributed by atoms with Gasteiger partial charge in [-0.15, -0.1) is 0 Å². The number of pyridine rings is 1. The molecule has 0 saturated heterocycles. The van der Waals surface area contributed by atoms with Gasteiger partial charge in [-0.2, -0.15) is 0 Å². The lowest BCUT2D eigenvalue weighted by molar-refractivity contribution is 0.0966. The van der Waals surface area contributed by atoms with Crippen molar-refractivity contribution in [1.82, 2.24) is 4.98 Å². The maximum atomic E-state index is 12.5. The molecule has 0 spiro atoms. The number of aromatic nitrogens is 1. The van der Waals surface area contributed by atoms with Crippen molar-refractivity contribution in [2.24, 2.45) is 0 Å². The molecule has 1 unspecified atom stereocenters. The molecule has 3 heteroatoms. The van der Waals surface area contributed by atoms with Gasteiger partial charge in [-0.25, -0.2) is 0 Å². The van der Waals surface area contributed by atoms with Gasteiger partial charge in [-0.05, 0) is 30.2 Å². The summed E-state index contributed by atoms with van der Waals surface area (Å²) in [4.78, 5) is 16.6. The summed E-state index contributed by atoms with van der Waals surface area (Å²) in [5.41, 5.74) is 3.86. The van der Waals surface area contributed by atoms with E-state index >= 15 is 0 Å². The fourth-order valence-electron chi connectivity index (χ4n) is 2.41. The second-order valence-corrected chi connectivity index (χ2v) is 4.64. The monoisotopic (exact) mass is 238 g/mol. The molecule has 3 rings (SSSR count). The second-order valence-electron chi connectivity index (χ2n) is 4.64. The number of Topliss-reactive ketones (excluding diaryl/α,β-unsaturated/α-hetero) is 1. The van der Waals surface area contributed by atoms with Gasteiger partial charge in [-0.3, -0.25) is 9.78 Å². The third-order valence-electron chi connectivity index (χ3n) is 3.31. The van der Waals surface area contributed by atoms with Gasteiger partial charge in [0.2, 0.25) is 0 Å². The normalized spacial score (nSPS) is 17.1. The van der Waals surface area contributed by atoms with Crippen LogP contribution in [0.15, 0.2) is 42.7 Å². The lowest BCUT2D eigenvalue weighted by atomic mass is 9.93.